The molecule has 4 rings (SSSR count). The van der Waals surface area contributed by atoms with Crippen molar-refractivity contribution >= 4 is 34.7 Å². The smallest absolute Gasteiger partial charge is 0.407 e. The maximum Gasteiger partial charge on any atom is 0.407 e. The van der Waals surface area contributed by atoms with Crippen LogP contribution in [0.5, 0.6) is 5.75 Å². The number of hydrogen-bond donors (Lipinski definition) is 2. The molecule has 0 spiro atoms. The van der Waals surface area contributed by atoms with E-state index in [0.717, 1.165) is 37.0 Å². The Morgan fingerprint density at radius 3 is 2.41 bits per heavy atom. The van der Waals surface area contributed by atoms with Crippen molar-refractivity contribution in [3.05, 3.63) is 29.7 Å². The molecule has 2 N–H and O–H groups in total. The number of aromatic nitrogens is 1. The predicted octanol–water partition coefficient (Wildman–Crippen LogP) is 3.06. The molecule has 2 aliphatic rings. The zero-order chi connectivity index (χ0) is 30.0. The Bertz CT molecular complexity index is 1320. The van der Waals surface area contributed by atoms with Crippen LogP contribution in [0, 0.1) is 11.7 Å². The van der Waals surface area contributed by atoms with Crippen molar-refractivity contribution in [1.29, 1.82) is 0 Å². The number of methoxy groups -OCH3 is 1. The Morgan fingerprint density at radius 1 is 1.12 bits per heavy atom. The first-order chi connectivity index (χ1) is 19.4. The van der Waals surface area contributed by atoms with Crippen molar-refractivity contribution in [1.82, 2.24) is 24.6 Å². The Labute approximate surface area is 239 Å². The van der Waals surface area contributed by atoms with Gasteiger partial charge < -0.3 is 29.5 Å². The van der Waals surface area contributed by atoms with Crippen molar-refractivity contribution in [2.24, 2.45) is 13.0 Å². The Hall–Kier alpha value is -3.83. The number of nitrogens with one attached hydrogen (secondary N) is 1. The minimum Gasteiger partial charge on any atom is -0.494 e. The van der Waals surface area contributed by atoms with E-state index in [1.807, 2.05) is 6.92 Å². The summed E-state index contributed by atoms with van der Waals surface area (Å²) in [5.41, 5.74) is 1.07. The summed E-state index contributed by atoms with van der Waals surface area (Å²) < 4.78 is 21.1. The number of rotatable bonds is 7. The maximum atomic E-state index is 14.3. The van der Waals surface area contributed by atoms with Gasteiger partial charge in [-0.3, -0.25) is 19.3 Å². The molecule has 11 nitrogen and oxygen atoms in total. The van der Waals surface area contributed by atoms with Gasteiger partial charge in [-0.05, 0) is 44.7 Å². The molecule has 1 aliphatic carbocycles. The molecule has 1 aromatic carbocycles. The summed E-state index contributed by atoms with van der Waals surface area (Å²) in [5, 5.41) is 12.8. The highest BCUT2D eigenvalue weighted by atomic mass is 19.1. The zero-order valence-corrected chi connectivity index (χ0v) is 24.4. The number of carbonyl (C=O) groups excluding carboxylic acids is 3. The maximum absolute atomic E-state index is 14.3. The van der Waals surface area contributed by atoms with Gasteiger partial charge in [0.15, 0.2) is 11.6 Å². The van der Waals surface area contributed by atoms with Crippen LogP contribution in [-0.4, -0.2) is 100 Å². The Morgan fingerprint density at radius 2 is 1.80 bits per heavy atom. The first-order valence-electron chi connectivity index (χ1n) is 14.1. The van der Waals surface area contributed by atoms with Crippen LogP contribution >= 0.6 is 0 Å². The van der Waals surface area contributed by atoms with Crippen molar-refractivity contribution in [3.63, 3.8) is 0 Å². The lowest BCUT2D eigenvalue weighted by Crippen LogP contribution is -2.62. The fourth-order valence-corrected chi connectivity index (χ4v) is 5.97. The highest BCUT2D eigenvalue weighted by Crippen LogP contribution is 2.30. The Balaban J connectivity index is 1.49. The lowest BCUT2D eigenvalue weighted by atomic mass is 9.83. The van der Waals surface area contributed by atoms with Crippen LogP contribution in [0.3, 0.4) is 0 Å². The first-order valence-corrected chi connectivity index (χ1v) is 14.1. The number of carboxylic acid groups (broad SMARTS) is 1. The molecule has 3 atom stereocenters. The molecular weight excluding hydrogens is 533 g/mol. The van der Waals surface area contributed by atoms with Crippen LogP contribution in [0.4, 0.5) is 9.18 Å². The van der Waals surface area contributed by atoms with Crippen LogP contribution in [-0.2, 0) is 16.6 Å². The molecule has 4 amide bonds. The van der Waals surface area contributed by atoms with Crippen molar-refractivity contribution < 1.29 is 33.4 Å². The summed E-state index contributed by atoms with van der Waals surface area (Å²) in [4.78, 5) is 56.2. The molecule has 1 saturated carbocycles. The van der Waals surface area contributed by atoms with Crippen LogP contribution in [0.15, 0.2) is 18.2 Å². The van der Waals surface area contributed by atoms with Gasteiger partial charge in [0.25, 0.3) is 5.91 Å². The highest BCUT2D eigenvalue weighted by Gasteiger charge is 2.39. The molecule has 1 saturated heterocycles. The average Bonchev–Trinajstić information content (AvgIpc) is 3.28. The van der Waals surface area contributed by atoms with E-state index in [-0.39, 0.29) is 29.5 Å². The molecule has 0 unspecified atom stereocenters. The van der Waals surface area contributed by atoms with Gasteiger partial charge in [-0.15, -0.1) is 0 Å². The molecule has 1 aliphatic heterocycles. The number of benzene rings is 1. The van der Waals surface area contributed by atoms with E-state index in [9.17, 15) is 28.7 Å². The summed E-state index contributed by atoms with van der Waals surface area (Å²) in [6, 6.07) is 2.54. The molecular formula is C29H40FN5O6. The van der Waals surface area contributed by atoms with Crippen LogP contribution < -0.4 is 10.1 Å². The molecule has 0 radical (unpaired) electrons. The fourth-order valence-electron chi connectivity index (χ4n) is 5.97. The Kier molecular flexibility index (Phi) is 9.08. The third-order valence-corrected chi connectivity index (χ3v) is 8.68. The number of likely N-dealkylation sites (N-methyl/N-ethyl adjacent to an activating group) is 1. The molecule has 224 valence electrons. The molecule has 2 fully saturated rings. The minimum absolute atomic E-state index is 0.0393. The van der Waals surface area contributed by atoms with Gasteiger partial charge >= 0.3 is 6.09 Å². The SMILES string of the molecule is COc1cc2c(cc1F)cc(C(=O)N1CCN(C(=O)[C@@H](NC(=O)[C@H](C)N(C)C(=O)O)C3CCCCC3)[C@H](C)C1)n2C. The van der Waals surface area contributed by atoms with E-state index >= 15 is 0 Å². The second-order valence-electron chi connectivity index (χ2n) is 11.2. The molecule has 41 heavy (non-hydrogen) atoms. The third kappa shape index (κ3) is 6.11. The van der Waals surface area contributed by atoms with E-state index < -0.39 is 29.9 Å². The van der Waals surface area contributed by atoms with Crippen molar-refractivity contribution in [3.8, 4) is 5.75 Å². The minimum atomic E-state index is -1.22. The van der Waals surface area contributed by atoms with Crippen LogP contribution in [0.1, 0.15) is 56.4 Å². The normalized spacial score (nSPS) is 19.5. The van der Waals surface area contributed by atoms with Gasteiger partial charge in [-0.1, -0.05) is 19.3 Å². The number of hydrogen-bond acceptors (Lipinski definition) is 5. The van der Waals surface area contributed by atoms with Gasteiger partial charge in [0.1, 0.15) is 17.8 Å². The van der Waals surface area contributed by atoms with E-state index in [1.165, 1.54) is 27.1 Å². The molecule has 0 bridgehead atoms. The summed E-state index contributed by atoms with van der Waals surface area (Å²) in [6.07, 6.45) is 3.39. The quantitative estimate of drug-likeness (QED) is 0.525. The number of carbonyl (C=O) groups is 4. The highest BCUT2D eigenvalue weighted by molar-refractivity contribution is 5.99. The average molecular weight is 574 g/mol. The van der Waals surface area contributed by atoms with E-state index in [4.69, 9.17) is 4.74 Å². The lowest BCUT2D eigenvalue weighted by molar-refractivity contribution is -0.142. The number of piperazine rings is 1. The van der Waals surface area contributed by atoms with Crippen molar-refractivity contribution in [2.45, 2.75) is 64.1 Å². The lowest BCUT2D eigenvalue weighted by Gasteiger charge is -2.43. The van der Waals surface area contributed by atoms with Gasteiger partial charge in [0.05, 0.1) is 12.6 Å². The molecule has 1 aromatic heterocycles. The van der Waals surface area contributed by atoms with Gasteiger partial charge in [0, 0.05) is 51.2 Å². The van der Waals surface area contributed by atoms with Crippen molar-refractivity contribution in [2.75, 3.05) is 33.8 Å². The number of aryl methyl sites for hydroxylation is 1. The van der Waals surface area contributed by atoms with Crippen LogP contribution in [0.2, 0.25) is 0 Å². The zero-order valence-electron chi connectivity index (χ0n) is 24.4. The predicted molar refractivity (Wildman–Crippen MR) is 150 cm³/mol. The standard InChI is InChI=1S/C29H40FN5O6/c1-17-16-34(27(37)23-14-20-13-21(30)24(41-5)15-22(20)33(23)4)11-12-35(17)28(38)25(19-9-7-6-8-10-19)31-26(36)18(2)32(3)29(39)40/h13-15,17-19,25H,6-12,16H2,1-5H3,(H,31,36)(H,39,40)/t17-,18+,25+/m1/s1. The van der Waals surface area contributed by atoms with E-state index in [0.29, 0.717) is 36.2 Å². The summed E-state index contributed by atoms with van der Waals surface area (Å²) >= 11 is 0. The topological polar surface area (TPSA) is 124 Å². The van der Waals surface area contributed by atoms with Gasteiger partial charge in [-0.25, -0.2) is 9.18 Å². The summed E-state index contributed by atoms with van der Waals surface area (Å²) in [6.45, 7) is 4.27. The summed E-state index contributed by atoms with van der Waals surface area (Å²) in [7, 11) is 4.46. The third-order valence-electron chi connectivity index (χ3n) is 8.68. The molecule has 2 heterocycles. The van der Waals surface area contributed by atoms with Gasteiger partial charge in [0.2, 0.25) is 11.8 Å². The number of amides is 4. The second kappa shape index (κ2) is 12.4. The molecule has 12 heteroatoms. The summed E-state index contributed by atoms with van der Waals surface area (Å²) in [5.74, 6) is -1.38. The van der Waals surface area contributed by atoms with Gasteiger partial charge in [-0.2, -0.15) is 0 Å². The van der Waals surface area contributed by atoms with Crippen LogP contribution in [0.25, 0.3) is 10.9 Å². The second-order valence-corrected chi connectivity index (χ2v) is 11.2. The monoisotopic (exact) mass is 573 g/mol. The number of ether oxygens (including phenoxy) is 1. The number of halogens is 1. The number of fused-ring (bicyclic) bond motifs is 1. The van der Waals surface area contributed by atoms with E-state index in [1.54, 1.807) is 33.5 Å². The van der Waals surface area contributed by atoms with E-state index in [2.05, 4.69) is 5.32 Å². The largest absolute Gasteiger partial charge is 0.494 e. The molecule has 2 aromatic rings. The first kappa shape index (κ1) is 30.1. The fraction of sp³-hybridized carbons (Fsp3) is 0.586. The number of nitrogens with zero attached hydrogens (tertiary/aromatic N) is 4.